The van der Waals surface area contributed by atoms with Crippen molar-refractivity contribution in [1.82, 2.24) is 24.8 Å². The van der Waals surface area contributed by atoms with E-state index in [1.54, 1.807) is 19.1 Å². The van der Waals surface area contributed by atoms with Gasteiger partial charge in [0.15, 0.2) is 18.1 Å². The first-order valence-corrected chi connectivity index (χ1v) is 12.7. The van der Waals surface area contributed by atoms with Gasteiger partial charge < -0.3 is 29.9 Å². The Morgan fingerprint density at radius 3 is 2.50 bits per heavy atom. The molecule has 40 heavy (non-hydrogen) atoms. The smallest absolute Gasteiger partial charge is 0.422 e. The maximum atomic E-state index is 13.4. The third-order valence-corrected chi connectivity index (χ3v) is 6.59. The van der Waals surface area contributed by atoms with E-state index in [0.717, 1.165) is 0 Å². The third kappa shape index (κ3) is 6.33. The van der Waals surface area contributed by atoms with Crippen molar-refractivity contribution in [2.45, 2.75) is 38.4 Å². The highest BCUT2D eigenvalue weighted by Crippen LogP contribution is 2.36. The molecule has 4 rings (SSSR count). The minimum Gasteiger partial charge on any atom is -0.481 e. The van der Waals surface area contributed by atoms with Gasteiger partial charge in [-0.1, -0.05) is 13.0 Å². The quantitative estimate of drug-likeness (QED) is 0.383. The number of anilines is 1. The van der Waals surface area contributed by atoms with E-state index in [-0.39, 0.29) is 39.9 Å². The molecule has 3 amide bonds. The predicted octanol–water partition coefficient (Wildman–Crippen LogP) is 2.44. The zero-order valence-electron chi connectivity index (χ0n) is 21.9. The van der Waals surface area contributed by atoms with Crippen molar-refractivity contribution in [1.29, 1.82) is 0 Å². The molecule has 1 aliphatic heterocycles. The Labute approximate surface area is 227 Å². The van der Waals surface area contributed by atoms with Crippen LogP contribution in [0.3, 0.4) is 0 Å². The summed E-state index contributed by atoms with van der Waals surface area (Å²) in [5.74, 6) is -1.93. The van der Waals surface area contributed by atoms with Crippen LogP contribution in [0, 0.1) is 0 Å². The summed E-state index contributed by atoms with van der Waals surface area (Å²) in [6.07, 6.45) is -2.03. The number of pyridine rings is 2. The lowest BCUT2D eigenvalue weighted by Gasteiger charge is -2.32. The van der Waals surface area contributed by atoms with Crippen molar-refractivity contribution in [2.24, 2.45) is 7.05 Å². The Hall–Kier alpha value is -4.20. The van der Waals surface area contributed by atoms with Crippen LogP contribution in [0.15, 0.2) is 30.5 Å². The zero-order valence-corrected chi connectivity index (χ0v) is 21.9. The number of carbonyl (C=O) groups is 3. The number of alkyl halides is 3. The number of aliphatic hydroxyl groups is 1. The summed E-state index contributed by atoms with van der Waals surface area (Å²) in [4.78, 5) is 47.9. The molecule has 4 heterocycles. The van der Waals surface area contributed by atoms with E-state index in [1.165, 1.54) is 34.8 Å². The molecule has 1 fully saturated rings. The molecule has 3 N–H and O–H groups in total. The van der Waals surface area contributed by atoms with Gasteiger partial charge in [-0.05, 0) is 37.5 Å². The molecule has 3 aromatic rings. The van der Waals surface area contributed by atoms with Crippen molar-refractivity contribution >= 4 is 34.4 Å². The van der Waals surface area contributed by atoms with Gasteiger partial charge in [0.25, 0.3) is 11.8 Å². The van der Waals surface area contributed by atoms with Crippen LogP contribution >= 0.6 is 0 Å². The SMILES string of the molecule is CCc1nc2c(cc1NC(=O)c1ccccn1)c(OCC(F)(F)F)c(C(=O)NC1CCN(C(=O)CO)CC1)n2C. The number of aryl methyl sites for hydroxylation is 2. The molecular weight excluding hydrogens is 533 g/mol. The predicted molar refractivity (Wildman–Crippen MR) is 138 cm³/mol. The Morgan fingerprint density at radius 2 is 1.90 bits per heavy atom. The average Bonchev–Trinajstić information content (AvgIpc) is 3.21. The minimum atomic E-state index is -4.67. The summed E-state index contributed by atoms with van der Waals surface area (Å²) in [5, 5.41) is 14.7. The van der Waals surface area contributed by atoms with Gasteiger partial charge in [-0.25, -0.2) is 4.98 Å². The van der Waals surface area contributed by atoms with Gasteiger partial charge in [-0.15, -0.1) is 0 Å². The summed E-state index contributed by atoms with van der Waals surface area (Å²) in [6.45, 7) is 0.189. The molecule has 3 aromatic heterocycles. The number of piperidine rings is 1. The Morgan fingerprint density at radius 1 is 1.18 bits per heavy atom. The highest BCUT2D eigenvalue weighted by Gasteiger charge is 2.33. The second kappa shape index (κ2) is 11.9. The molecule has 0 spiro atoms. The van der Waals surface area contributed by atoms with Crippen molar-refractivity contribution in [3.05, 3.63) is 47.5 Å². The number of carbonyl (C=O) groups excluding carboxylic acids is 3. The second-order valence-electron chi connectivity index (χ2n) is 9.30. The zero-order chi connectivity index (χ0) is 29.0. The monoisotopic (exact) mass is 562 g/mol. The molecule has 0 bridgehead atoms. The van der Waals surface area contributed by atoms with Gasteiger partial charge >= 0.3 is 6.18 Å². The number of hydrogen-bond donors (Lipinski definition) is 3. The number of nitrogens with zero attached hydrogens (tertiary/aromatic N) is 4. The maximum Gasteiger partial charge on any atom is 0.422 e. The van der Waals surface area contributed by atoms with E-state index in [9.17, 15) is 27.6 Å². The van der Waals surface area contributed by atoms with Crippen LogP contribution in [0.2, 0.25) is 0 Å². The Balaban J connectivity index is 1.69. The van der Waals surface area contributed by atoms with Gasteiger partial charge in [0, 0.05) is 32.4 Å². The summed E-state index contributed by atoms with van der Waals surface area (Å²) in [6, 6.07) is 5.91. The summed E-state index contributed by atoms with van der Waals surface area (Å²) in [7, 11) is 1.50. The number of amides is 3. The molecule has 0 aromatic carbocycles. The lowest BCUT2D eigenvalue weighted by atomic mass is 10.0. The lowest BCUT2D eigenvalue weighted by Crippen LogP contribution is -2.47. The molecule has 0 atom stereocenters. The van der Waals surface area contributed by atoms with Crippen LogP contribution in [0.4, 0.5) is 18.9 Å². The molecule has 0 radical (unpaired) electrons. The largest absolute Gasteiger partial charge is 0.481 e. The molecule has 1 aliphatic rings. The highest BCUT2D eigenvalue weighted by atomic mass is 19.4. The summed E-state index contributed by atoms with van der Waals surface area (Å²) < 4.78 is 46.1. The van der Waals surface area contributed by atoms with Crippen molar-refractivity contribution in [3.63, 3.8) is 0 Å². The molecule has 0 saturated carbocycles. The van der Waals surface area contributed by atoms with E-state index in [2.05, 4.69) is 20.6 Å². The van der Waals surface area contributed by atoms with Gasteiger partial charge in [0.05, 0.1) is 16.8 Å². The first-order valence-electron chi connectivity index (χ1n) is 12.7. The fourth-order valence-electron chi connectivity index (χ4n) is 4.59. The van der Waals surface area contributed by atoms with Crippen LogP contribution in [-0.2, 0) is 18.3 Å². The first kappa shape index (κ1) is 28.8. The van der Waals surface area contributed by atoms with E-state index in [4.69, 9.17) is 9.84 Å². The molecule has 1 saturated heterocycles. The van der Waals surface area contributed by atoms with Crippen LogP contribution < -0.4 is 15.4 Å². The maximum absolute atomic E-state index is 13.4. The van der Waals surface area contributed by atoms with Gasteiger partial charge in [0.1, 0.15) is 17.9 Å². The molecule has 14 heteroatoms. The molecule has 214 valence electrons. The van der Waals surface area contributed by atoms with Crippen LogP contribution in [-0.4, -0.2) is 80.8 Å². The van der Waals surface area contributed by atoms with Crippen LogP contribution in [0.25, 0.3) is 11.0 Å². The summed E-state index contributed by atoms with van der Waals surface area (Å²) in [5.41, 5.74) is 0.890. The molecule has 11 nitrogen and oxygen atoms in total. The summed E-state index contributed by atoms with van der Waals surface area (Å²) >= 11 is 0. The van der Waals surface area contributed by atoms with Gasteiger partial charge in [-0.2, -0.15) is 13.2 Å². The van der Waals surface area contributed by atoms with E-state index >= 15 is 0 Å². The highest BCUT2D eigenvalue weighted by molar-refractivity contribution is 6.07. The average molecular weight is 563 g/mol. The number of aliphatic hydroxyl groups excluding tert-OH is 1. The van der Waals surface area contributed by atoms with Crippen molar-refractivity contribution in [2.75, 3.05) is 31.6 Å². The number of likely N-dealkylation sites (tertiary alicyclic amines) is 1. The molecule has 0 aliphatic carbocycles. The number of rotatable bonds is 8. The van der Waals surface area contributed by atoms with Crippen molar-refractivity contribution in [3.8, 4) is 5.75 Å². The number of aromatic nitrogens is 3. The second-order valence-corrected chi connectivity index (χ2v) is 9.30. The van der Waals surface area contributed by atoms with Gasteiger partial charge in [-0.3, -0.25) is 19.4 Å². The molecule has 0 unspecified atom stereocenters. The Kier molecular flexibility index (Phi) is 8.57. The standard InChI is InChI=1S/C26H29F3N6O5/c1-3-17-19(33-24(38)18-6-4-5-9-30-18)12-16-22(40-14-26(27,28)29)21(34(2)23(16)32-17)25(39)31-15-7-10-35(11-8-15)20(37)13-36/h4-6,9,12,15,36H,3,7-8,10-11,13-14H2,1-2H3,(H,31,39)(H,33,38). The van der Waals surface area contributed by atoms with Crippen LogP contribution in [0.1, 0.15) is 46.4 Å². The van der Waals surface area contributed by atoms with E-state index in [0.29, 0.717) is 38.0 Å². The lowest BCUT2D eigenvalue weighted by molar-refractivity contribution is -0.153. The first-order chi connectivity index (χ1) is 19.0. The third-order valence-electron chi connectivity index (χ3n) is 6.59. The topological polar surface area (TPSA) is 139 Å². The Bertz CT molecular complexity index is 1400. The fourth-order valence-corrected chi connectivity index (χ4v) is 4.59. The van der Waals surface area contributed by atoms with E-state index in [1.807, 2.05) is 0 Å². The molecular formula is C26H29F3N6O5. The number of ether oxygens (including phenoxy) is 1. The number of nitrogens with one attached hydrogen (secondary N) is 2. The van der Waals surface area contributed by atoms with Crippen molar-refractivity contribution < 1.29 is 37.4 Å². The minimum absolute atomic E-state index is 0.119. The number of hydrogen-bond acceptors (Lipinski definition) is 7. The van der Waals surface area contributed by atoms with E-state index < -0.39 is 37.1 Å². The number of halogens is 3. The van der Waals surface area contributed by atoms with Crippen LogP contribution in [0.5, 0.6) is 5.75 Å². The normalized spacial score (nSPS) is 14.3. The van der Waals surface area contributed by atoms with Gasteiger partial charge in [0.2, 0.25) is 5.91 Å². The number of fused-ring (bicyclic) bond motifs is 1. The fraction of sp³-hybridized carbons (Fsp3) is 0.423.